The molecule has 0 unspecified atom stereocenters. The number of ether oxygens (including phenoxy) is 3. The smallest absolute Gasteiger partial charge is 0.409 e. The lowest BCUT2D eigenvalue weighted by molar-refractivity contribution is -0.149. The lowest BCUT2D eigenvalue weighted by Gasteiger charge is -2.38. The van der Waals surface area contributed by atoms with Gasteiger partial charge in [-0.05, 0) is 35.2 Å². The molecule has 2 aromatic rings. The highest BCUT2D eigenvalue weighted by atomic mass is 28.3. The summed E-state index contributed by atoms with van der Waals surface area (Å²) in [4.78, 5) is 26.6. The zero-order valence-electron chi connectivity index (χ0n) is 22.6. The highest BCUT2D eigenvalue weighted by molar-refractivity contribution is 6.90. The summed E-state index contributed by atoms with van der Waals surface area (Å²) < 4.78 is 21.9. The lowest BCUT2D eigenvalue weighted by atomic mass is 9.97. The second-order valence-electron chi connectivity index (χ2n) is 9.63. The molecular weight excluding hydrogens is 474 g/mol. The molecule has 0 aliphatic heterocycles. The van der Waals surface area contributed by atoms with E-state index in [1.54, 1.807) is 19.1 Å². The number of rotatable bonds is 10. The molecule has 2 rings (SSSR count). The maximum absolute atomic E-state index is 13.5. The molecule has 1 amide bonds. The molecule has 0 aliphatic carbocycles. The van der Waals surface area contributed by atoms with Crippen molar-refractivity contribution in [2.24, 2.45) is 0 Å². The summed E-state index contributed by atoms with van der Waals surface area (Å²) in [5.74, 6) is 2.70. The molecule has 0 fully saturated rings. The van der Waals surface area contributed by atoms with Crippen LogP contribution in [0.2, 0.25) is 16.6 Å². The molecule has 0 saturated carbocycles. The lowest BCUT2D eigenvalue weighted by Crippen LogP contribution is -2.53. The number of carbonyl (C=O) groups is 2. The van der Waals surface area contributed by atoms with Crippen LogP contribution < -0.4 is 10.1 Å². The summed E-state index contributed by atoms with van der Waals surface area (Å²) in [6.45, 7) is 14.9. The third-order valence-corrected chi connectivity index (χ3v) is 12.9. The van der Waals surface area contributed by atoms with Gasteiger partial charge in [0.1, 0.15) is 14.7 Å². The molecule has 1 N–H and O–H groups in total. The Balaban J connectivity index is 2.64. The van der Waals surface area contributed by atoms with Crippen LogP contribution in [0.15, 0.2) is 46.9 Å². The zero-order valence-corrected chi connectivity index (χ0v) is 23.6. The molecular formula is C28H39NO6Si. The van der Waals surface area contributed by atoms with Gasteiger partial charge in [0.15, 0.2) is 5.76 Å². The van der Waals surface area contributed by atoms with Crippen LogP contribution in [-0.2, 0) is 26.4 Å². The maximum atomic E-state index is 13.5. The second-order valence-corrected chi connectivity index (χ2v) is 15.2. The molecule has 7 nitrogen and oxygen atoms in total. The predicted molar refractivity (Wildman–Crippen MR) is 142 cm³/mol. The summed E-state index contributed by atoms with van der Waals surface area (Å²) in [5.41, 5.74) is 3.36. The van der Waals surface area contributed by atoms with E-state index in [-0.39, 0.29) is 24.9 Å². The summed E-state index contributed by atoms with van der Waals surface area (Å²) in [7, 11) is -0.842. The third kappa shape index (κ3) is 6.32. The van der Waals surface area contributed by atoms with Crippen molar-refractivity contribution in [2.45, 2.75) is 77.2 Å². The first-order chi connectivity index (χ1) is 17.0. The summed E-state index contributed by atoms with van der Waals surface area (Å²) >= 11 is 0. The van der Waals surface area contributed by atoms with Gasteiger partial charge in [0.05, 0.1) is 13.7 Å². The van der Waals surface area contributed by atoms with Gasteiger partial charge in [-0.1, -0.05) is 77.8 Å². The molecule has 8 heteroatoms. The Morgan fingerprint density at radius 2 is 1.58 bits per heavy atom. The molecule has 1 aromatic heterocycles. The van der Waals surface area contributed by atoms with Crippen molar-refractivity contribution in [3.8, 4) is 17.4 Å². The number of hydrogen-bond acceptors (Lipinski definition) is 6. The third-order valence-electron chi connectivity index (χ3n) is 6.57. The van der Waals surface area contributed by atoms with Crippen LogP contribution in [0.25, 0.3) is 0 Å². The van der Waals surface area contributed by atoms with Crippen molar-refractivity contribution in [2.75, 3.05) is 13.7 Å². The van der Waals surface area contributed by atoms with E-state index < -0.39 is 25.7 Å². The van der Waals surface area contributed by atoms with Crippen molar-refractivity contribution in [3.63, 3.8) is 0 Å². The number of nitrogens with one attached hydrogen (secondary N) is 1. The van der Waals surface area contributed by atoms with Gasteiger partial charge < -0.3 is 18.6 Å². The minimum absolute atomic E-state index is 0.0309. The number of alkyl carbamates (subject to hydrolysis) is 1. The average Bonchev–Trinajstić information content (AvgIpc) is 3.32. The van der Waals surface area contributed by atoms with Gasteiger partial charge in [-0.3, -0.25) is 5.32 Å². The molecule has 1 heterocycles. The number of methoxy groups -OCH3 is 1. The van der Waals surface area contributed by atoms with E-state index >= 15 is 0 Å². The van der Waals surface area contributed by atoms with E-state index in [0.717, 1.165) is 5.56 Å². The number of furan rings is 1. The van der Waals surface area contributed by atoms with Crippen molar-refractivity contribution < 1.29 is 28.2 Å². The topological polar surface area (TPSA) is 87.0 Å². The number of esters is 1. The molecule has 196 valence electrons. The SMILES string of the molecule is CCOC(=O)[C@@](C#C[Si](C(C)C)(C(C)C)C(C)C)(NC(=O)OCc1ccccc1)c1ccc(OC)o1. The number of carbonyl (C=O) groups excluding carboxylic acids is 2. The van der Waals surface area contributed by atoms with Gasteiger partial charge >= 0.3 is 12.1 Å². The Bertz CT molecular complexity index is 1040. The predicted octanol–water partition coefficient (Wildman–Crippen LogP) is 6.19. The molecule has 1 atom stereocenters. The van der Waals surface area contributed by atoms with Gasteiger partial charge in [-0.2, -0.15) is 0 Å². The van der Waals surface area contributed by atoms with Gasteiger partial charge in [-0.15, -0.1) is 5.54 Å². The molecule has 0 saturated heterocycles. The first-order valence-corrected chi connectivity index (χ1v) is 14.6. The Morgan fingerprint density at radius 3 is 2.08 bits per heavy atom. The fourth-order valence-corrected chi connectivity index (χ4v) is 10.0. The summed E-state index contributed by atoms with van der Waals surface area (Å²) in [5, 5.41) is 2.69. The largest absolute Gasteiger partial charge is 0.468 e. The highest BCUT2D eigenvalue weighted by Crippen LogP contribution is 2.41. The molecule has 1 aromatic carbocycles. The zero-order chi connectivity index (χ0) is 26.9. The van der Waals surface area contributed by atoms with Gasteiger partial charge in [0, 0.05) is 6.07 Å². The number of benzene rings is 1. The fraction of sp³-hybridized carbons (Fsp3) is 0.500. The normalized spacial score (nSPS) is 13.1. The van der Waals surface area contributed by atoms with Crippen molar-refractivity contribution in [1.82, 2.24) is 5.32 Å². The fourth-order valence-electron chi connectivity index (χ4n) is 4.78. The van der Waals surface area contributed by atoms with Crippen molar-refractivity contribution >= 4 is 20.1 Å². The van der Waals surface area contributed by atoms with Gasteiger partial charge in [0.2, 0.25) is 0 Å². The molecule has 0 aliphatic rings. The highest BCUT2D eigenvalue weighted by Gasteiger charge is 2.48. The van der Waals surface area contributed by atoms with Gasteiger partial charge in [0.25, 0.3) is 11.5 Å². The van der Waals surface area contributed by atoms with Crippen LogP contribution in [0, 0.1) is 11.5 Å². The van der Waals surface area contributed by atoms with E-state index in [2.05, 4.69) is 58.3 Å². The second kappa shape index (κ2) is 12.7. The van der Waals surface area contributed by atoms with E-state index in [1.165, 1.54) is 7.11 Å². The Kier molecular flexibility index (Phi) is 10.2. The monoisotopic (exact) mass is 513 g/mol. The van der Waals surface area contributed by atoms with E-state index in [1.807, 2.05) is 30.3 Å². The molecule has 0 radical (unpaired) electrons. The summed E-state index contributed by atoms with van der Waals surface area (Å²) in [6.07, 6.45) is -0.817. The Labute approximate surface area is 215 Å². The summed E-state index contributed by atoms with van der Waals surface area (Å²) in [6, 6.07) is 12.4. The van der Waals surface area contributed by atoms with Crippen LogP contribution in [-0.4, -0.2) is 33.9 Å². The minimum Gasteiger partial charge on any atom is -0.468 e. The van der Waals surface area contributed by atoms with Crippen LogP contribution in [0.1, 0.15) is 59.8 Å². The van der Waals surface area contributed by atoms with Crippen LogP contribution >= 0.6 is 0 Å². The standard InChI is InChI=1S/C28H39NO6Si/c1-9-33-26(30)28(24-15-16-25(32-8)35-24,17-18-36(20(2)3,21(4)5)22(6)7)29-27(31)34-19-23-13-11-10-12-14-23/h10-16,20-22H,9,19H2,1-8H3,(H,29,31)/t28-/m0/s1. The van der Waals surface area contributed by atoms with Gasteiger partial charge in [-0.25, -0.2) is 9.59 Å². The Morgan fingerprint density at radius 1 is 0.972 bits per heavy atom. The number of amides is 1. The van der Waals surface area contributed by atoms with Crippen LogP contribution in [0.5, 0.6) is 5.95 Å². The number of hydrogen-bond donors (Lipinski definition) is 1. The first-order valence-electron chi connectivity index (χ1n) is 12.4. The van der Waals surface area contributed by atoms with E-state index in [4.69, 9.17) is 18.6 Å². The van der Waals surface area contributed by atoms with Crippen LogP contribution in [0.3, 0.4) is 0 Å². The first kappa shape index (κ1) is 29.0. The average molecular weight is 514 g/mol. The van der Waals surface area contributed by atoms with Crippen molar-refractivity contribution in [3.05, 3.63) is 53.8 Å². The maximum Gasteiger partial charge on any atom is 0.409 e. The molecule has 36 heavy (non-hydrogen) atoms. The van der Waals surface area contributed by atoms with Crippen LogP contribution in [0.4, 0.5) is 4.79 Å². The quantitative estimate of drug-likeness (QED) is 0.231. The minimum atomic E-state index is -2.30. The Hall–Kier alpha value is -3.18. The van der Waals surface area contributed by atoms with Crippen molar-refractivity contribution in [1.29, 1.82) is 0 Å². The molecule has 0 spiro atoms. The van der Waals surface area contributed by atoms with E-state index in [9.17, 15) is 9.59 Å². The van der Waals surface area contributed by atoms with E-state index in [0.29, 0.717) is 16.6 Å². The molecule has 0 bridgehead atoms.